The lowest BCUT2D eigenvalue weighted by Gasteiger charge is -2.07. The summed E-state index contributed by atoms with van der Waals surface area (Å²) in [4.78, 5) is 0. The summed E-state index contributed by atoms with van der Waals surface area (Å²) in [5.74, 6) is 0.234. The molecule has 0 aromatic carbocycles. The molecule has 0 rings (SSSR count). The molecule has 0 fully saturated rings. The SMILES string of the molecule is CC(C)S(=O)(=O)CCNCCBr. The van der Waals surface area contributed by atoms with E-state index < -0.39 is 9.84 Å². The molecular weight excluding hydrogens is 242 g/mol. The number of alkyl halides is 1. The van der Waals surface area contributed by atoms with E-state index >= 15 is 0 Å². The Morgan fingerprint density at radius 2 is 1.92 bits per heavy atom. The zero-order valence-corrected chi connectivity index (χ0v) is 9.91. The minimum Gasteiger partial charge on any atom is -0.315 e. The van der Waals surface area contributed by atoms with E-state index in [1.165, 1.54) is 0 Å². The molecule has 0 atom stereocenters. The van der Waals surface area contributed by atoms with Crippen molar-refractivity contribution in [2.45, 2.75) is 19.1 Å². The Balaban J connectivity index is 3.63. The van der Waals surface area contributed by atoms with Crippen LogP contribution in [0.3, 0.4) is 0 Å². The second-order valence-corrected chi connectivity index (χ2v) is 6.32. The van der Waals surface area contributed by atoms with Crippen molar-refractivity contribution in [3.8, 4) is 0 Å². The fraction of sp³-hybridized carbons (Fsp3) is 1.00. The van der Waals surface area contributed by atoms with Crippen molar-refractivity contribution < 1.29 is 8.42 Å². The number of halogens is 1. The molecule has 0 saturated heterocycles. The third-order valence-corrected chi connectivity index (χ3v) is 4.16. The van der Waals surface area contributed by atoms with Crippen LogP contribution in [0, 0.1) is 0 Å². The summed E-state index contributed by atoms with van der Waals surface area (Å²) in [6.07, 6.45) is 0. The van der Waals surface area contributed by atoms with Crippen LogP contribution in [0.4, 0.5) is 0 Å². The van der Waals surface area contributed by atoms with Crippen molar-refractivity contribution in [1.29, 1.82) is 0 Å². The first kappa shape index (κ1) is 12.4. The number of hydrogen-bond donors (Lipinski definition) is 1. The fourth-order valence-electron chi connectivity index (χ4n) is 0.642. The molecule has 0 aliphatic carbocycles. The van der Waals surface area contributed by atoms with Crippen LogP contribution in [0.1, 0.15) is 13.8 Å². The standard InChI is InChI=1S/C7H16BrNO2S/c1-7(2)12(10,11)6-5-9-4-3-8/h7,9H,3-6H2,1-2H3. The zero-order valence-electron chi connectivity index (χ0n) is 7.51. The molecule has 1 N–H and O–H groups in total. The number of nitrogens with one attached hydrogen (secondary N) is 1. The van der Waals surface area contributed by atoms with Crippen LogP contribution in [0.15, 0.2) is 0 Å². The highest BCUT2D eigenvalue weighted by atomic mass is 79.9. The van der Waals surface area contributed by atoms with Gasteiger partial charge >= 0.3 is 0 Å². The zero-order chi connectivity index (χ0) is 9.61. The van der Waals surface area contributed by atoms with Crippen LogP contribution in [0.5, 0.6) is 0 Å². The minimum absolute atomic E-state index is 0.234. The van der Waals surface area contributed by atoms with E-state index in [0.717, 1.165) is 11.9 Å². The molecule has 0 saturated carbocycles. The van der Waals surface area contributed by atoms with Gasteiger partial charge in [-0.2, -0.15) is 0 Å². The van der Waals surface area contributed by atoms with Crippen molar-refractivity contribution in [2.75, 3.05) is 24.2 Å². The van der Waals surface area contributed by atoms with Crippen molar-refractivity contribution in [3.05, 3.63) is 0 Å². The Hall–Kier alpha value is 0.390. The number of sulfone groups is 1. The summed E-state index contributed by atoms with van der Waals surface area (Å²) >= 11 is 3.25. The van der Waals surface area contributed by atoms with Gasteiger partial charge in [-0.15, -0.1) is 0 Å². The van der Waals surface area contributed by atoms with Crippen LogP contribution in [0.2, 0.25) is 0 Å². The number of hydrogen-bond acceptors (Lipinski definition) is 3. The molecule has 0 unspecified atom stereocenters. The maximum Gasteiger partial charge on any atom is 0.153 e. The molecule has 0 aliphatic heterocycles. The highest BCUT2D eigenvalue weighted by Gasteiger charge is 2.14. The van der Waals surface area contributed by atoms with Crippen LogP contribution in [-0.2, 0) is 9.84 Å². The van der Waals surface area contributed by atoms with E-state index in [4.69, 9.17) is 0 Å². The van der Waals surface area contributed by atoms with E-state index in [9.17, 15) is 8.42 Å². The Labute approximate surface area is 83.0 Å². The summed E-state index contributed by atoms with van der Waals surface area (Å²) in [5, 5.41) is 3.62. The smallest absolute Gasteiger partial charge is 0.153 e. The quantitative estimate of drug-likeness (QED) is 0.566. The molecule has 0 radical (unpaired) electrons. The monoisotopic (exact) mass is 257 g/mol. The summed E-state index contributed by atoms with van der Waals surface area (Å²) < 4.78 is 22.5. The molecule has 0 aliphatic rings. The van der Waals surface area contributed by atoms with Gasteiger partial charge in [-0.3, -0.25) is 0 Å². The second kappa shape index (κ2) is 5.94. The average molecular weight is 258 g/mol. The molecule has 74 valence electrons. The molecule has 3 nitrogen and oxygen atoms in total. The molecular formula is C7H16BrNO2S. The van der Waals surface area contributed by atoms with Crippen molar-refractivity contribution in [3.63, 3.8) is 0 Å². The first-order chi connectivity index (χ1) is 5.50. The van der Waals surface area contributed by atoms with E-state index in [-0.39, 0.29) is 11.0 Å². The summed E-state index contributed by atoms with van der Waals surface area (Å²) in [7, 11) is -2.86. The van der Waals surface area contributed by atoms with Crippen molar-refractivity contribution in [2.24, 2.45) is 0 Å². The minimum atomic E-state index is -2.86. The molecule has 0 heterocycles. The molecule has 0 aromatic heterocycles. The second-order valence-electron chi connectivity index (χ2n) is 2.85. The Morgan fingerprint density at radius 3 is 2.33 bits per heavy atom. The van der Waals surface area contributed by atoms with Gasteiger partial charge in [0.1, 0.15) is 0 Å². The summed E-state index contributed by atoms with van der Waals surface area (Å²) in [6.45, 7) is 4.78. The normalized spacial score (nSPS) is 12.3. The van der Waals surface area contributed by atoms with Crippen molar-refractivity contribution in [1.82, 2.24) is 5.32 Å². The highest BCUT2D eigenvalue weighted by molar-refractivity contribution is 9.09. The van der Waals surface area contributed by atoms with E-state index in [2.05, 4.69) is 21.2 Å². The predicted molar refractivity (Wildman–Crippen MR) is 55.6 cm³/mol. The Kier molecular flexibility index (Phi) is 6.13. The van der Waals surface area contributed by atoms with Gasteiger partial charge in [0, 0.05) is 18.4 Å². The van der Waals surface area contributed by atoms with Gasteiger partial charge in [0.25, 0.3) is 0 Å². The van der Waals surface area contributed by atoms with Gasteiger partial charge in [-0.25, -0.2) is 8.42 Å². The number of rotatable bonds is 6. The molecule has 0 bridgehead atoms. The van der Waals surface area contributed by atoms with Gasteiger partial charge in [0.15, 0.2) is 9.84 Å². The van der Waals surface area contributed by atoms with Gasteiger partial charge in [0.05, 0.1) is 11.0 Å². The van der Waals surface area contributed by atoms with Crippen molar-refractivity contribution >= 4 is 25.8 Å². The van der Waals surface area contributed by atoms with Crippen LogP contribution >= 0.6 is 15.9 Å². The van der Waals surface area contributed by atoms with Crippen LogP contribution in [0.25, 0.3) is 0 Å². The Bertz CT molecular complexity index is 201. The largest absolute Gasteiger partial charge is 0.315 e. The molecule has 5 heteroatoms. The van der Waals surface area contributed by atoms with Gasteiger partial charge in [0.2, 0.25) is 0 Å². The van der Waals surface area contributed by atoms with E-state index in [0.29, 0.717) is 6.54 Å². The topological polar surface area (TPSA) is 46.2 Å². The lowest BCUT2D eigenvalue weighted by atomic mass is 10.6. The first-order valence-corrected chi connectivity index (χ1v) is 6.82. The summed E-state index contributed by atoms with van der Waals surface area (Å²) in [5.41, 5.74) is 0. The third kappa shape index (κ3) is 5.11. The fourth-order valence-corrected chi connectivity index (χ4v) is 1.82. The molecule has 12 heavy (non-hydrogen) atoms. The summed E-state index contributed by atoms with van der Waals surface area (Å²) in [6, 6.07) is 0. The highest BCUT2D eigenvalue weighted by Crippen LogP contribution is 1.98. The molecule has 0 aromatic rings. The van der Waals surface area contributed by atoms with Gasteiger partial charge in [-0.1, -0.05) is 15.9 Å². The van der Waals surface area contributed by atoms with E-state index in [1.54, 1.807) is 13.8 Å². The molecule has 0 spiro atoms. The van der Waals surface area contributed by atoms with Crippen LogP contribution < -0.4 is 5.32 Å². The lowest BCUT2D eigenvalue weighted by Crippen LogP contribution is -2.28. The van der Waals surface area contributed by atoms with Crippen LogP contribution in [-0.4, -0.2) is 37.8 Å². The van der Waals surface area contributed by atoms with Gasteiger partial charge < -0.3 is 5.32 Å². The maximum absolute atomic E-state index is 11.2. The predicted octanol–water partition coefficient (Wildman–Crippen LogP) is 0.794. The van der Waals surface area contributed by atoms with Gasteiger partial charge in [-0.05, 0) is 13.8 Å². The Morgan fingerprint density at radius 1 is 1.33 bits per heavy atom. The molecule has 0 amide bonds. The first-order valence-electron chi connectivity index (χ1n) is 3.99. The maximum atomic E-state index is 11.2. The lowest BCUT2D eigenvalue weighted by molar-refractivity contribution is 0.583. The van der Waals surface area contributed by atoms with E-state index in [1.807, 2.05) is 0 Å². The third-order valence-electron chi connectivity index (χ3n) is 1.55. The average Bonchev–Trinajstić information content (AvgIpc) is 1.98.